The van der Waals surface area contributed by atoms with Gasteiger partial charge in [-0.2, -0.15) is 0 Å². The van der Waals surface area contributed by atoms with E-state index in [4.69, 9.17) is 9.47 Å². The molecule has 0 aliphatic heterocycles. The second kappa shape index (κ2) is 13.4. The van der Waals surface area contributed by atoms with Crippen LogP contribution in [0.1, 0.15) is 18.5 Å². The van der Waals surface area contributed by atoms with E-state index in [2.05, 4.69) is 5.32 Å². The molecular weight excluding hydrogens is 537 g/mol. The maximum absolute atomic E-state index is 13.8. The van der Waals surface area contributed by atoms with Crippen molar-refractivity contribution in [2.24, 2.45) is 0 Å². The monoisotopic (exact) mass is 569 g/mol. The fourth-order valence-electron chi connectivity index (χ4n) is 3.86. The summed E-state index contributed by atoms with van der Waals surface area (Å²) in [7, 11) is 7.33. The quantitative estimate of drug-likeness (QED) is 0.392. The largest absolute Gasteiger partial charge is 0.452 e. The highest BCUT2D eigenvalue weighted by Gasteiger charge is 2.25. The molecular formula is C28H32FN5O7. The molecule has 0 bridgehead atoms. The van der Waals surface area contributed by atoms with Gasteiger partial charge < -0.3 is 29.2 Å². The Labute approximate surface area is 235 Å². The van der Waals surface area contributed by atoms with Crippen molar-refractivity contribution in [3.63, 3.8) is 0 Å². The van der Waals surface area contributed by atoms with Gasteiger partial charge in [0, 0.05) is 45.5 Å². The van der Waals surface area contributed by atoms with Crippen LogP contribution in [0, 0.1) is 5.82 Å². The van der Waals surface area contributed by atoms with Crippen molar-refractivity contribution < 1.29 is 33.0 Å². The number of hydrogen-bond acceptors (Lipinski definition) is 7. The zero-order chi connectivity index (χ0) is 30.3. The second-order valence-corrected chi connectivity index (χ2v) is 9.47. The molecule has 0 aliphatic rings. The van der Waals surface area contributed by atoms with Crippen LogP contribution >= 0.6 is 0 Å². The molecule has 13 heteroatoms. The normalized spacial score (nSPS) is 11.8. The first-order valence-electron chi connectivity index (χ1n) is 12.6. The Hall–Kier alpha value is -4.94. The molecule has 41 heavy (non-hydrogen) atoms. The van der Waals surface area contributed by atoms with Crippen molar-refractivity contribution in [2.45, 2.75) is 25.5 Å². The summed E-state index contributed by atoms with van der Waals surface area (Å²) in [4.78, 5) is 65.4. The summed E-state index contributed by atoms with van der Waals surface area (Å²) in [6, 6.07) is 8.39. The van der Waals surface area contributed by atoms with Gasteiger partial charge in [-0.1, -0.05) is 6.08 Å². The predicted molar refractivity (Wildman–Crippen MR) is 149 cm³/mol. The lowest BCUT2D eigenvalue weighted by atomic mass is 10.1. The van der Waals surface area contributed by atoms with E-state index >= 15 is 0 Å². The van der Waals surface area contributed by atoms with E-state index < -0.39 is 35.6 Å². The standard InChI is InChI=1S/C28H32FN5O7/c1-31(2)24(35)11-7-6-10-23(41-27(38)32(3)4)25(36)30-21-9-8-14-33(26(21)37)17-20-16-18-15-19(29)12-13-22(18)34(20)28(39)40-5/h7-9,11-16,23H,6,10,17H2,1-5H3,(H,30,36)/b11-7+/t23-/m0/s1. The minimum Gasteiger partial charge on any atom is -0.452 e. The summed E-state index contributed by atoms with van der Waals surface area (Å²) in [5, 5.41) is 2.96. The molecule has 0 saturated carbocycles. The molecule has 12 nitrogen and oxygen atoms in total. The lowest BCUT2D eigenvalue weighted by Crippen LogP contribution is -2.37. The predicted octanol–water partition coefficient (Wildman–Crippen LogP) is 3.03. The van der Waals surface area contributed by atoms with Gasteiger partial charge >= 0.3 is 12.2 Å². The molecule has 3 aromatic rings. The summed E-state index contributed by atoms with van der Waals surface area (Å²) in [5.74, 6) is -1.46. The zero-order valence-corrected chi connectivity index (χ0v) is 23.4. The van der Waals surface area contributed by atoms with E-state index in [0.29, 0.717) is 16.6 Å². The number of carbonyl (C=O) groups is 4. The van der Waals surface area contributed by atoms with E-state index in [9.17, 15) is 28.4 Å². The van der Waals surface area contributed by atoms with Gasteiger partial charge in [-0.3, -0.25) is 14.4 Å². The van der Waals surface area contributed by atoms with Gasteiger partial charge in [-0.15, -0.1) is 0 Å². The van der Waals surface area contributed by atoms with Gasteiger partial charge in [0.2, 0.25) is 5.91 Å². The van der Waals surface area contributed by atoms with Crippen LogP contribution in [0.25, 0.3) is 10.9 Å². The Morgan fingerprint density at radius 1 is 1.07 bits per heavy atom. The average molecular weight is 570 g/mol. The summed E-state index contributed by atoms with van der Waals surface area (Å²) < 4.78 is 26.5. The van der Waals surface area contributed by atoms with Gasteiger partial charge in [0.05, 0.1) is 19.2 Å². The van der Waals surface area contributed by atoms with E-state index in [0.717, 1.165) is 4.90 Å². The third kappa shape index (κ3) is 7.59. The molecule has 0 fully saturated rings. The zero-order valence-electron chi connectivity index (χ0n) is 23.4. The van der Waals surface area contributed by atoms with Crippen LogP contribution in [0.15, 0.2) is 59.5 Å². The lowest BCUT2D eigenvalue weighted by Gasteiger charge is -2.20. The Morgan fingerprint density at radius 2 is 1.80 bits per heavy atom. The number of hydrogen-bond donors (Lipinski definition) is 1. The second-order valence-electron chi connectivity index (χ2n) is 9.47. The molecule has 3 amide bonds. The number of amides is 3. The highest BCUT2D eigenvalue weighted by atomic mass is 19.1. The maximum Gasteiger partial charge on any atom is 0.418 e. The number of carbonyl (C=O) groups excluding carboxylic acids is 4. The fourth-order valence-corrected chi connectivity index (χ4v) is 3.86. The molecule has 1 N–H and O–H groups in total. The number of likely N-dealkylation sites (N-methyl/N-ethyl adjacent to an activating group) is 1. The molecule has 0 aliphatic carbocycles. The number of ether oxygens (including phenoxy) is 2. The number of halogens is 1. The van der Waals surface area contributed by atoms with Crippen LogP contribution in [0.4, 0.5) is 19.7 Å². The minimum atomic E-state index is -1.26. The van der Waals surface area contributed by atoms with Gasteiger partial charge in [0.15, 0.2) is 6.10 Å². The first kappa shape index (κ1) is 30.6. The Balaban J connectivity index is 1.85. The molecule has 2 heterocycles. The Bertz CT molecular complexity index is 1540. The van der Waals surface area contributed by atoms with Crippen LogP contribution in [-0.2, 0) is 25.6 Å². The number of rotatable bonds is 9. The van der Waals surface area contributed by atoms with Gasteiger partial charge in [0.25, 0.3) is 11.5 Å². The summed E-state index contributed by atoms with van der Waals surface area (Å²) in [5.41, 5.74) is 0.0638. The first-order valence-corrected chi connectivity index (χ1v) is 12.6. The molecule has 2 aromatic heterocycles. The number of nitrogens with one attached hydrogen (secondary N) is 1. The molecule has 1 aromatic carbocycles. The topological polar surface area (TPSA) is 132 Å². The van der Waals surface area contributed by atoms with Crippen molar-refractivity contribution in [2.75, 3.05) is 40.6 Å². The number of aromatic nitrogens is 2. The third-order valence-electron chi connectivity index (χ3n) is 6.00. The van der Waals surface area contributed by atoms with Crippen LogP contribution in [0.5, 0.6) is 0 Å². The molecule has 0 saturated heterocycles. The molecule has 0 radical (unpaired) electrons. The first-order chi connectivity index (χ1) is 19.4. The summed E-state index contributed by atoms with van der Waals surface area (Å²) in [6.45, 7) is -0.0995. The summed E-state index contributed by atoms with van der Waals surface area (Å²) in [6.07, 6.45) is 1.95. The maximum atomic E-state index is 13.8. The fraction of sp³-hybridized carbons (Fsp3) is 0.321. The molecule has 3 rings (SSSR count). The van der Waals surface area contributed by atoms with E-state index in [1.807, 2.05) is 0 Å². The van der Waals surface area contributed by atoms with Gasteiger partial charge in [-0.25, -0.2) is 18.5 Å². The summed E-state index contributed by atoms with van der Waals surface area (Å²) >= 11 is 0. The van der Waals surface area contributed by atoms with E-state index in [-0.39, 0.29) is 31.0 Å². The Morgan fingerprint density at radius 3 is 2.46 bits per heavy atom. The SMILES string of the molecule is COC(=O)n1c(Cn2cccc(NC(=O)[C@H](CC/C=C/C(=O)N(C)C)OC(=O)N(C)C)c2=O)cc2cc(F)ccc21. The molecule has 0 unspecified atom stereocenters. The molecule has 218 valence electrons. The average Bonchev–Trinajstić information content (AvgIpc) is 3.28. The van der Waals surface area contributed by atoms with Crippen LogP contribution in [-0.4, -0.2) is 84.3 Å². The smallest absolute Gasteiger partial charge is 0.418 e. The van der Waals surface area contributed by atoms with E-state index in [1.54, 1.807) is 26.2 Å². The Kier molecular flexibility index (Phi) is 10.0. The van der Waals surface area contributed by atoms with Gasteiger partial charge in [-0.05, 0) is 55.3 Å². The molecule has 1 atom stereocenters. The number of fused-ring (bicyclic) bond motifs is 1. The number of benzene rings is 1. The number of nitrogens with zero attached hydrogens (tertiary/aromatic N) is 4. The highest BCUT2D eigenvalue weighted by Crippen LogP contribution is 2.22. The number of anilines is 1. The van der Waals surface area contributed by atoms with Crippen LogP contribution in [0.2, 0.25) is 0 Å². The van der Waals surface area contributed by atoms with E-state index in [1.165, 1.54) is 77.8 Å². The van der Waals surface area contributed by atoms with Crippen molar-refractivity contribution in [1.29, 1.82) is 0 Å². The van der Waals surface area contributed by atoms with Crippen molar-refractivity contribution in [3.8, 4) is 0 Å². The van der Waals surface area contributed by atoms with Gasteiger partial charge in [0.1, 0.15) is 11.5 Å². The highest BCUT2D eigenvalue weighted by molar-refractivity contribution is 5.95. The number of methoxy groups -OCH3 is 1. The number of pyridine rings is 1. The van der Waals surface area contributed by atoms with Crippen molar-refractivity contribution >= 4 is 40.6 Å². The minimum absolute atomic E-state index is 0.0550. The third-order valence-corrected chi connectivity index (χ3v) is 6.00. The van der Waals surface area contributed by atoms with Crippen molar-refractivity contribution in [1.82, 2.24) is 18.9 Å². The van der Waals surface area contributed by atoms with Crippen LogP contribution < -0.4 is 10.9 Å². The van der Waals surface area contributed by atoms with Crippen LogP contribution in [0.3, 0.4) is 0 Å². The number of allylic oxidation sites excluding steroid dienone is 1. The van der Waals surface area contributed by atoms with Crippen molar-refractivity contribution in [3.05, 3.63) is 76.6 Å². The molecule has 0 spiro atoms. The lowest BCUT2D eigenvalue weighted by molar-refractivity contribution is -0.125.